The van der Waals surface area contributed by atoms with Gasteiger partial charge in [-0.1, -0.05) is 11.6 Å². The number of ether oxygens (including phenoxy) is 1. The zero-order chi connectivity index (χ0) is 11.4. The SMILES string of the molecule is COc1c(F)cc(/C=C/C(=O)O)cc1Cl. The second-order valence-corrected chi connectivity index (χ2v) is 3.10. The molecule has 1 aromatic rings. The molecule has 0 saturated carbocycles. The summed E-state index contributed by atoms with van der Waals surface area (Å²) in [6.45, 7) is 0. The summed E-state index contributed by atoms with van der Waals surface area (Å²) in [5.41, 5.74) is 0.362. The molecule has 1 rings (SSSR count). The van der Waals surface area contributed by atoms with Crippen LogP contribution in [-0.4, -0.2) is 18.2 Å². The molecule has 0 radical (unpaired) electrons. The molecule has 0 aliphatic rings. The first kappa shape index (κ1) is 11.5. The molecule has 3 nitrogen and oxygen atoms in total. The van der Waals surface area contributed by atoms with Crippen molar-refractivity contribution in [2.75, 3.05) is 7.11 Å². The number of aliphatic carboxylic acids is 1. The summed E-state index contributed by atoms with van der Waals surface area (Å²) in [6.07, 6.45) is 2.15. The van der Waals surface area contributed by atoms with Crippen LogP contribution in [0.5, 0.6) is 5.75 Å². The highest BCUT2D eigenvalue weighted by atomic mass is 35.5. The molecule has 0 saturated heterocycles. The summed E-state index contributed by atoms with van der Waals surface area (Å²) >= 11 is 5.70. The number of hydrogen-bond acceptors (Lipinski definition) is 2. The van der Waals surface area contributed by atoms with Crippen LogP contribution < -0.4 is 4.74 Å². The van der Waals surface area contributed by atoms with E-state index in [0.717, 1.165) is 12.1 Å². The minimum Gasteiger partial charge on any atom is -0.492 e. The summed E-state index contributed by atoms with van der Waals surface area (Å²) in [6, 6.07) is 2.56. The van der Waals surface area contributed by atoms with Gasteiger partial charge in [-0.2, -0.15) is 0 Å². The van der Waals surface area contributed by atoms with Crippen LogP contribution >= 0.6 is 11.6 Å². The Hall–Kier alpha value is -1.55. The molecule has 5 heteroatoms. The number of carbonyl (C=O) groups is 1. The van der Waals surface area contributed by atoms with Crippen molar-refractivity contribution in [3.63, 3.8) is 0 Å². The minimum absolute atomic E-state index is 0.0517. The Morgan fingerprint density at radius 3 is 2.73 bits per heavy atom. The number of halogens is 2. The van der Waals surface area contributed by atoms with Crippen LogP contribution in [0.3, 0.4) is 0 Å². The lowest BCUT2D eigenvalue weighted by atomic mass is 10.2. The number of hydrogen-bond donors (Lipinski definition) is 1. The van der Waals surface area contributed by atoms with Gasteiger partial charge in [0.05, 0.1) is 12.1 Å². The van der Waals surface area contributed by atoms with Gasteiger partial charge in [-0.3, -0.25) is 0 Å². The van der Waals surface area contributed by atoms with Crippen molar-refractivity contribution in [2.24, 2.45) is 0 Å². The first-order valence-corrected chi connectivity index (χ1v) is 4.36. The van der Waals surface area contributed by atoms with E-state index in [-0.39, 0.29) is 10.8 Å². The van der Waals surface area contributed by atoms with Crippen molar-refractivity contribution in [1.29, 1.82) is 0 Å². The van der Waals surface area contributed by atoms with Crippen LogP contribution in [0.2, 0.25) is 5.02 Å². The summed E-state index contributed by atoms with van der Waals surface area (Å²) in [5, 5.41) is 8.48. The van der Waals surface area contributed by atoms with Gasteiger partial charge in [0, 0.05) is 6.08 Å². The highest BCUT2D eigenvalue weighted by Crippen LogP contribution is 2.29. The summed E-state index contributed by atoms with van der Waals surface area (Å²) in [5.74, 6) is -1.79. The molecule has 0 amide bonds. The molecule has 0 fully saturated rings. The molecule has 0 atom stereocenters. The van der Waals surface area contributed by atoms with Crippen LogP contribution in [0.25, 0.3) is 6.08 Å². The van der Waals surface area contributed by atoms with E-state index in [0.29, 0.717) is 5.56 Å². The second-order valence-electron chi connectivity index (χ2n) is 2.69. The number of benzene rings is 1. The number of carboxylic acid groups (broad SMARTS) is 1. The molecule has 0 heterocycles. The third kappa shape index (κ3) is 2.95. The summed E-state index contributed by atoms with van der Waals surface area (Å²) in [7, 11) is 1.30. The summed E-state index contributed by atoms with van der Waals surface area (Å²) < 4.78 is 18.0. The molecule has 0 aromatic heterocycles. The number of methoxy groups -OCH3 is 1. The zero-order valence-corrected chi connectivity index (χ0v) is 8.58. The van der Waals surface area contributed by atoms with Crippen LogP contribution in [0.1, 0.15) is 5.56 Å². The monoisotopic (exact) mass is 230 g/mol. The van der Waals surface area contributed by atoms with Crippen molar-refractivity contribution < 1.29 is 19.0 Å². The lowest BCUT2D eigenvalue weighted by Gasteiger charge is -2.04. The van der Waals surface area contributed by atoms with Crippen molar-refractivity contribution in [1.82, 2.24) is 0 Å². The fourth-order valence-electron chi connectivity index (χ4n) is 1.04. The maximum absolute atomic E-state index is 13.2. The van der Waals surface area contributed by atoms with Crippen molar-refractivity contribution in [3.05, 3.63) is 34.6 Å². The van der Waals surface area contributed by atoms with Crippen molar-refractivity contribution >= 4 is 23.6 Å². The first-order valence-electron chi connectivity index (χ1n) is 3.98. The molecule has 0 bridgehead atoms. The van der Waals surface area contributed by atoms with Gasteiger partial charge in [0.25, 0.3) is 0 Å². The van der Waals surface area contributed by atoms with Gasteiger partial charge >= 0.3 is 5.97 Å². The Kier molecular flexibility index (Phi) is 3.68. The molecule has 0 spiro atoms. The third-order valence-electron chi connectivity index (χ3n) is 1.64. The lowest BCUT2D eigenvalue weighted by Crippen LogP contribution is -1.91. The Morgan fingerprint density at radius 2 is 2.27 bits per heavy atom. The molecule has 0 aliphatic carbocycles. The topological polar surface area (TPSA) is 46.5 Å². The molecule has 0 aliphatic heterocycles. The molecule has 15 heavy (non-hydrogen) atoms. The molecule has 1 N–H and O–H groups in total. The van der Waals surface area contributed by atoms with E-state index >= 15 is 0 Å². The molecular weight excluding hydrogens is 223 g/mol. The fraction of sp³-hybridized carbons (Fsp3) is 0.100. The van der Waals surface area contributed by atoms with Crippen LogP contribution in [0.4, 0.5) is 4.39 Å². The quantitative estimate of drug-likeness (QED) is 0.812. The Morgan fingerprint density at radius 1 is 1.60 bits per heavy atom. The Balaban J connectivity index is 3.09. The Labute approximate surface area is 90.7 Å². The fourth-order valence-corrected chi connectivity index (χ4v) is 1.33. The first-order chi connectivity index (χ1) is 7.04. The predicted octanol–water partition coefficient (Wildman–Crippen LogP) is 2.59. The average Bonchev–Trinajstić information content (AvgIpc) is 2.14. The van der Waals surface area contributed by atoms with Gasteiger partial charge in [-0.15, -0.1) is 0 Å². The maximum atomic E-state index is 13.2. The van der Waals surface area contributed by atoms with E-state index in [2.05, 4.69) is 0 Å². The van der Waals surface area contributed by atoms with Gasteiger partial charge in [0.15, 0.2) is 11.6 Å². The average molecular weight is 231 g/mol. The molecular formula is C10H8ClFO3. The van der Waals surface area contributed by atoms with E-state index in [1.54, 1.807) is 0 Å². The van der Waals surface area contributed by atoms with Gasteiger partial charge < -0.3 is 9.84 Å². The number of rotatable bonds is 3. The second kappa shape index (κ2) is 4.79. The van der Waals surface area contributed by atoms with Gasteiger partial charge in [0.1, 0.15) is 0 Å². The highest BCUT2D eigenvalue weighted by molar-refractivity contribution is 6.32. The summed E-state index contributed by atoms with van der Waals surface area (Å²) in [4.78, 5) is 10.2. The van der Waals surface area contributed by atoms with Gasteiger partial charge in [0.2, 0.25) is 0 Å². The van der Waals surface area contributed by atoms with E-state index < -0.39 is 11.8 Å². The molecule has 1 aromatic carbocycles. The third-order valence-corrected chi connectivity index (χ3v) is 1.92. The molecule has 80 valence electrons. The lowest BCUT2D eigenvalue weighted by molar-refractivity contribution is -0.131. The van der Waals surface area contributed by atoms with Crippen molar-refractivity contribution in [2.45, 2.75) is 0 Å². The normalized spacial score (nSPS) is 10.6. The number of carboxylic acids is 1. The van der Waals surface area contributed by atoms with Crippen molar-refractivity contribution in [3.8, 4) is 5.75 Å². The Bertz CT molecular complexity index is 392. The van der Waals surface area contributed by atoms with E-state index in [4.69, 9.17) is 21.4 Å². The zero-order valence-electron chi connectivity index (χ0n) is 7.83. The smallest absolute Gasteiger partial charge is 0.328 e. The van der Waals surface area contributed by atoms with Gasteiger partial charge in [-0.25, -0.2) is 9.18 Å². The minimum atomic E-state index is -1.11. The van der Waals surface area contributed by atoms with Crippen LogP contribution in [0.15, 0.2) is 18.2 Å². The van der Waals surface area contributed by atoms with E-state index in [9.17, 15) is 9.18 Å². The predicted molar refractivity (Wildman–Crippen MR) is 54.6 cm³/mol. The van der Waals surface area contributed by atoms with E-state index in [1.165, 1.54) is 19.3 Å². The van der Waals surface area contributed by atoms with E-state index in [1.807, 2.05) is 0 Å². The highest BCUT2D eigenvalue weighted by Gasteiger charge is 2.08. The maximum Gasteiger partial charge on any atom is 0.328 e. The van der Waals surface area contributed by atoms with Gasteiger partial charge in [-0.05, 0) is 23.8 Å². The molecule has 0 unspecified atom stereocenters. The van der Waals surface area contributed by atoms with Crippen LogP contribution in [0, 0.1) is 5.82 Å². The standard InChI is InChI=1S/C10H8ClFO3/c1-15-10-7(11)4-6(5-8(10)12)2-3-9(13)14/h2-5H,1H3,(H,13,14)/b3-2+. The van der Waals surface area contributed by atoms with Crippen LogP contribution in [-0.2, 0) is 4.79 Å². The largest absolute Gasteiger partial charge is 0.492 e.